The number of anilines is 4. The number of nitrogens with one attached hydrogen (secondary N) is 2. The molecule has 5 rings (SSSR count). The highest BCUT2D eigenvalue weighted by atomic mass is 35.5. The van der Waals surface area contributed by atoms with E-state index in [9.17, 15) is 0 Å². The quantitative estimate of drug-likeness (QED) is 0.470. The second-order valence-corrected chi connectivity index (χ2v) is 7.69. The molecular weight excluding hydrogens is 430 g/mol. The molecule has 5 heterocycles. The van der Waals surface area contributed by atoms with Crippen molar-refractivity contribution in [1.82, 2.24) is 34.8 Å². The van der Waals surface area contributed by atoms with Gasteiger partial charge in [-0.25, -0.2) is 14.5 Å². The molecule has 0 aromatic carbocycles. The van der Waals surface area contributed by atoms with Crippen LogP contribution in [0.3, 0.4) is 0 Å². The van der Waals surface area contributed by atoms with E-state index in [0.717, 1.165) is 43.1 Å². The van der Waals surface area contributed by atoms with E-state index < -0.39 is 0 Å². The van der Waals surface area contributed by atoms with E-state index in [-0.39, 0.29) is 6.04 Å². The topological polar surface area (TPSA) is 133 Å². The van der Waals surface area contributed by atoms with E-state index in [1.165, 1.54) is 0 Å². The van der Waals surface area contributed by atoms with Crippen molar-refractivity contribution in [3.63, 3.8) is 0 Å². The van der Waals surface area contributed by atoms with Crippen LogP contribution in [0.25, 0.3) is 5.65 Å². The predicted octanol–water partition coefficient (Wildman–Crippen LogP) is 2.66. The van der Waals surface area contributed by atoms with Gasteiger partial charge in [-0.3, -0.25) is 0 Å². The van der Waals surface area contributed by atoms with Gasteiger partial charge in [-0.05, 0) is 25.0 Å². The van der Waals surface area contributed by atoms with Crippen molar-refractivity contribution in [2.75, 3.05) is 28.6 Å². The molecular formula is C20H18ClN11. The van der Waals surface area contributed by atoms with E-state index in [1.807, 2.05) is 18.2 Å². The van der Waals surface area contributed by atoms with Crippen molar-refractivity contribution in [2.45, 2.75) is 18.9 Å². The first-order chi connectivity index (χ1) is 15.7. The van der Waals surface area contributed by atoms with Gasteiger partial charge in [-0.15, -0.1) is 10.2 Å². The Hall–Kier alpha value is -4.04. The minimum absolute atomic E-state index is 0.209. The normalized spacial score (nSPS) is 14.3. The van der Waals surface area contributed by atoms with Crippen LogP contribution in [0.4, 0.5) is 23.3 Å². The third-order valence-electron chi connectivity index (χ3n) is 5.18. The number of piperidine rings is 1. The van der Waals surface area contributed by atoms with Crippen molar-refractivity contribution in [3.05, 3.63) is 53.7 Å². The first kappa shape index (κ1) is 19.9. The maximum absolute atomic E-state index is 8.86. The molecule has 1 aliphatic heterocycles. The Labute approximate surface area is 188 Å². The summed E-state index contributed by atoms with van der Waals surface area (Å²) in [6, 6.07) is 7.56. The first-order valence-electron chi connectivity index (χ1n) is 10.0. The zero-order valence-electron chi connectivity index (χ0n) is 16.9. The molecule has 2 N–H and O–H groups in total. The Balaban J connectivity index is 1.23. The van der Waals surface area contributed by atoms with Crippen LogP contribution in [0.5, 0.6) is 0 Å². The summed E-state index contributed by atoms with van der Waals surface area (Å²) in [5.74, 6) is 1.77. The van der Waals surface area contributed by atoms with Crippen LogP contribution in [0, 0.1) is 11.3 Å². The summed E-state index contributed by atoms with van der Waals surface area (Å²) in [4.78, 5) is 15.2. The second kappa shape index (κ2) is 8.60. The molecule has 11 nitrogen and oxygen atoms in total. The highest BCUT2D eigenvalue weighted by Gasteiger charge is 2.21. The van der Waals surface area contributed by atoms with Crippen LogP contribution in [0.15, 0.2) is 43.0 Å². The minimum Gasteiger partial charge on any atom is -0.366 e. The van der Waals surface area contributed by atoms with Gasteiger partial charge >= 0.3 is 0 Å². The fraction of sp³-hybridized carbons (Fsp3) is 0.250. The summed E-state index contributed by atoms with van der Waals surface area (Å²) in [5, 5.41) is 28.2. The summed E-state index contributed by atoms with van der Waals surface area (Å²) in [6.07, 6.45) is 8.48. The number of rotatable bonds is 5. The third kappa shape index (κ3) is 4.21. The van der Waals surface area contributed by atoms with Gasteiger partial charge in [0.2, 0.25) is 5.95 Å². The van der Waals surface area contributed by atoms with Crippen molar-refractivity contribution in [1.29, 1.82) is 5.26 Å². The average Bonchev–Trinajstić information content (AvgIpc) is 3.30. The molecule has 0 aliphatic carbocycles. The molecule has 0 atom stereocenters. The van der Waals surface area contributed by atoms with Crippen LogP contribution in [0.2, 0.25) is 5.02 Å². The lowest BCUT2D eigenvalue weighted by atomic mass is 10.1. The number of nitrogens with zero attached hydrogens (tertiary/aromatic N) is 9. The molecule has 0 amide bonds. The Morgan fingerprint density at radius 3 is 2.78 bits per heavy atom. The van der Waals surface area contributed by atoms with Crippen LogP contribution >= 0.6 is 11.6 Å². The average molecular weight is 448 g/mol. The van der Waals surface area contributed by atoms with Gasteiger partial charge in [-0.2, -0.15) is 15.3 Å². The van der Waals surface area contributed by atoms with E-state index in [0.29, 0.717) is 22.5 Å². The molecule has 0 unspecified atom stereocenters. The lowest BCUT2D eigenvalue weighted by Crippen LogP contribution is -2.39. The molecule has 4 aromatic rings. The van der Waals surface area contributed by atoms with Crippen LogP contribution in [0.1, 0.15) is 18.5 Å². The van der Waals surface area contributed by atoms with Gasteiger partial charge in [0.05, 0.1) is 18.1 Å². The minimum atomic E-state index is 0.209. The first-order valence-corrected chi connectivity index (χ1v) is 10.4. The molecule has 0 bridgehead atoms. The summed E-state index contributed by atoms with van der Waals surface area (Å²) >= 11 is 6.34. The number of nitriles is 1. The summed E-state index contributed by atoms with van der Waals surface area (Å²) in [6.45, 7) is 1.62. The summed E-state index contributed by atoms with van der Waals surface area (Å²) < 4.78 is 1.68. The largest absolute Gasteiger partial charge is 0.366 e. The monoisotopic (exact) mass is 447 g/mol. The van der Waals surface area contributed by atoms with Crippen LogP contribution in [-0.4, -0.2) is 53.9 Å². The SMILES string of the molecule is N#Cc1ccc(N2CCC(Nc3nc(Nc4cnn5ccnc5c4)ncc3Cl)CC2)nn1. The number of hydrogen-bond donors (Lipinski definition) is 2. The second-order valence-electron chi connectivity index (χ2n) is 7.28. The maximum Gasteiger partial charge on any atom is 0.229 e. The number of hydrogen-bond acceptors (Lipinski definition) is 10. The van der Waals surface area contributed by atoms with Crippen LogP contribution < -0.4 is 15.5 Å². The fourth-order valence-electron chi connectivity index (χ4n) is 3.54. The maximum atomic E-state index is 8.86. The van der Waals surface area contributed by atoms with E-state index >= 15 is 0 Å². The smallest absolute Gasteiger partial charge is 0.229 e. The molecule has 1 saturated heterocycles. The lowest BCUT2D eigenvalue weighted by molar-refractivity contribution is 0.521. The molecule has 12 heteroatoms. The molecule has 0 radical (unpaired) electrons. The molecule has 0 saturated carbocycles. The van der Waals surface area contributed by atoms with Crippen molar-refractivity contribution in [2.24, 2.45) is 0 Å². The van der Waals surface area contributed by atoms with Crippen molar-refractivity contribution < 1.29 is 0 Å². The zero-order valence-corrected chi connectivity index (χ0v) is 17.6. The molecule has 1 aliphatic rings. The molecule has 0 spiro atoms. The Kier molecular flexibility index (Phi) is 5.35. The lowest BCUT2D eigenvalue weighted by Gasteiger charge is -2.33. The number of fused-ring (bicyclic) bond motifs is 1. The van der Waals surface area contributed by atoms with Gasteiger partial charge in [0.25, 0.3) is 0 Å². The Bertz CT molecular complexity index is 1270. The number of halogens is 1. The summed E-state index contributed by atoms with van der Waals surface area (Å²) in [7, 11) is 0. The molecule has 32 heavy (non-hydrogen) atoms. The Morgan fingerprint density at radius 2 is 2.00 bits per heavy atom. The number of aromatic nitrogens is 7. The van der Waals surface area contributed by atoms with E-state index in [4.69, 9.17) is 16.9 Å². The molecule has 4 aromatic heterocycles. The fourth-order valence-corrected chi connectivity index (χ4v) is 3.68. The molecule has 160 valence electrons. The molecule has 1 fully saturated rings. The van der Waals surface area contributed by atoms with E-state index in [2.05, 4.69) is 45.8 Å². The van der Waals surface area contributed by atoms with Gasteiger partial charge < -0.3 is 15.5 Å². The zero-order chi connectivity index (χ0) is 21.9. The third-order valence-corrected chi connectivity index (χ3v) is 5.46. The number of imidazole rings is 1. The van der Waals surface area contributed by atoms with Crippen molar-refractivity contribution >= 4 is 40.5 Å². The van der Waals surface area contributed by atoms with E-state index in [1.54, 1.807) is 35.4 Å². The van der Waals surface area contributed by atoms with Gasteiger partial charge in [0.15, 0.2) is 23.0 Å². The standard InChI is InChI=1S/C20H18ClN11/c21-16-12-24-20(27-15-9-18-23-5-8-32(18)25-11-15)28-19(16)26-13-3-6-31(7-4-13)17-2-1-14(10-22)29-30-17/h1-2,5,8-9,11-13H,3-4,6-7H2,(H2,24,26,27,28). The van der Waals surface area contributed by atoms with Gasteiger partial charge in [-0.1, -0.05) is 11.6 Å². The van der Waals surface area contributed by atoms with Gasteiger partial charge in [0.1, 0.15) is 11.1 Å². The highest BCUT2D eigenvalue weighted by Crippen LogP contribution is 2.25. The highest BCUT2D eigenvalue weighted by molar-refractivity contribution is 6.32. The summed E-state index contributed by atoms with van der Waals surface area (Å²) in [5.41, 5.74) is 1.77. The predicted molar refractivity (Wildman–Crippen MR) is 119 cm³/mol. The Morgan fingerprint density at radius 1 is 1.12 bits per heavy atom. The van der Waals surface area contributed by atoms with Crippen molar-refractivity contribution in [3.8, 4) is 6.07 Å². The van der Waals surface area contributed by atoms with Crippen LogP contribution in [-0.2, 0) is 0 Å². The van der Waals surface area contributed by atoms with Gasteiger partial charge in [0, 0.05) is 37.6 Å².